The molecule has 0 unspecified atom stereocenters. The van der Waals surface area contributed by atoms with Crippen LogP contribution in [0.4, 0.5) is 0 Å². The molecule has 0 aliphatic carbocycles. The number of aromatic nitrogens is 4. The number of pyridine rings is 2. The van der Waals surface area contributed by atoms with E-state index in [1.165, 1.54) is 19.4 Å². The van der Waals surface area contributed by atoms with E-state index in [2.05, 4.69) is 20.2 Å². The Morgan fingerprint density at radius 2 is 2.17 bits per heavy atom. The van der Waals surface area contributed by atoms with Crippen molar-refractivity contribution in [1.29, 1.82) is 0 Å². The molecule has 1 N–H and O–H groups in total. The molecule has 3 rings (SSSR count). The van der Waals surface area contributed by atoms with Gasteiger partial charge in [-0.05, 0) is 18.6 Å². The van der Waals surface area contributed by atoms with Crippen molar-refractivity contribution in [3.63, 3.8) is 0 Å². The van der Waals surface area contributed by atoms with E-state index >= 15 is 0 Å². The van der Waals surface area contributed by atoms with Crippen molar-refractivity contribution in [2.75, 3.05) is 7.11 Å². The highest BCUT2D eigenvalue weighted by Crippen LogP contribution is 2.25. The maximum absolute atomic E-state index is 11.2. The van der Waals surface area contributed by atoms with Gasteiger partial charge in [0.2, 0.25) is 5.88 Å². The van der Waals surface area contributed by atoms with Crippen LogP contribution >= 0.6 is 0 Å². The van der Waals surface area contributed by atoms with Crippen molar-refractivity contribution in [3.8, 4) is 23.0 Å². The van der Waals surface area contributed by atoms with Crippen LogP contribution < -0.4 is 9.47 Å². The Hall–Kier alpha value is -3.22. The molecule has 0 radical (unpaired) electrons. The Balaban J connectivity index is 1.86. The van der Waals surface area contributed by atoms with Crippen molar-refractivity contribution in [3.05, 3.63) is 53.5 Å². The minimum atomic E-state index is 0.247. The summed E-state index contributed by atoms with van der Waals surface area (Å²) in [6.07, 6.45) is 5.64. The molecule has 0 aliphatic heterocycles. The maximum Gasteiger partial charge on any atom is 0.213 e. The van der Waals surface area contributed by atoms with Crippen molar-refractivity contribution in [2.45, 2.75) is 13.5 Å². The van der Waals surface area contributed by atoms with Gasteiger partial charge in [0.15, 0.2) is 6.29 Å². The largest absolute Gasteiger partial charge is 0.486 e. The second kappa shape index (κ2) is 6.91. The van der Waals surface area contributed by atoms with Crippen LogP contribution in [0.25, 0.3) is 11.4 Å². The van der Waals surface area contributed by atoms with E-state index in [1.807, 2.05) is 19.1 Å². The number of aryl methyl sites for hydroxylation is 1. The Kier molecular flexibility index (Phi) is 4.51. The highest BCUT2D eigenvalue weighted by atomic mass is 16.5. The lowest BCUT2D eigenvalue weighted by Crippen LogP contribution is -2.03. The van der Waals surface area contributed by atoms with E-state index in [9.17, 15) is 4.79 Å². The first-order valence-electron chi connectivity index (χ1n) is 7.29. The zero-order chi connectivity index (χ0) is 16.9. The molecule has 3 aromatic heterocycles. The summed E-state index contributed by atoms with van der Waals surface area (Å²) >= 11 is 0. The maximum atomic E-state index is 11.2. The van der Waals surface area contributed by atoms with Crippen LogP contribution in [-0.4, -0.2) is 33.6 Å². The average Bonchev–Trinajstić information content (AvgIpc) is 3.05. The Labute approximate surface area is 138 Å². The van der Waals surface area contributed by atoms with Crippen LogP contribution in [0.1, 0.15) is 21.5 Å². The number of carbonyl (C=O) groups is 1. The molecule has 7 heteroatoms. The van der Waals surface area contributed by atoms with E-state index in [0.29, 0.717) is 23.5 Å². The lowest BCUT2D eigenvalue weighted by Gasteiger charge is -2.11. The summed E-state index contributed by atoms with van der Waals surface area (Å²) in [6.45, 7) is 2.20. The average molecular weight is 324 g/mol. The first-order chi connectivity index (χ1) is 11.7. The number of hydrogen-bond donors (Lipinski definition) is 1. The van der Waals surface area contributed by atoms with Crippen molar-refractivity contribution in [1.82, 2.24) is 20.2 Å². The summed E-state index contributed by atoms with van der Waals surface area (Å²) < 4.78 is 10.8. The van der Waals surface area contributed by atoms with Gasteiger partial charge in [0, 0.05) is 17.8 Å². The highest BCUT2D eigenvalue weighted by Gasteiger charge is 2.12. The van der Waals surface area contributed by atoms with Gasteiger partial charge in [0.05, 0.1) is 36.5 Å². The van der Waals surface area contributed by atoms with Crippen LogP contribution in [-0.2, 0) is 6.61 Å². The van der Waals surface area contributed by atoms with E-state index < -0.39 is 0 Å². The first-order valence-corrected chi connectivity index (χ1v) is 7.29. The molecule has 3 aromatic rings. The molecule has 0 fully saturated rings. The molecule has 0 bridgehead atoms. The predicted octanol–water partition coefficient (Wildman–Crippen LogP) is 2.58. The molecule has 0 aliphatic rings. The molecule has 0 aromatic carbocycles. The lowest BCUT2D eigenvalue weighted by molar-refractivity contribution is 0.111. The van der Waals surface area contributed by atoms with Gasteiger partial charge in [0.1, 0.15) is 12.4 Å². The molecule has 0 saturated carbocycles. The fourth-order valence-corrected chi connectivity index (χ4v) is 2.28. The number of nitrogens with one attached hydrogen (secondary N) is 1. The van der Waals surface area contributed by atoms with Gasteiger partial charge in [-0.15, -0.1) is 0 Å². The van der Waals surface area contributed by atoms with Crippen LogP contribution in [0.15, 0.2) is 36.8 Å². The summed E-state index contributed by atoms with van der Waals surface area (Å²) in [4.78, 5) is 19.7. The Morgan fingerprint density at radius 3 is 2.88 bits per heavy atom. The number of nitrogens with zero attached hydrogens (tertiary/aromatic N) is 3. The third-order valence-corrected chi connectivity index (χ3v) is 3.55. The van der Waals surface area contributed by atoms with Gasteiger partial charge in [-0.25, -0.2) is 4.98 Å². The number of H-pyrrole nitrogens is 1. The van der Waals surface area contributed by atoms with Crippen molar-refractivity contribution >= 4 is 6.29 Å². The predicted molar refractivity (Wildman–Crippen MR) is 87.1 cm³/mol. The standard InChI is InChI=1S/C17H16N4O3/c1-11-7-20-21-16(11)17-12(4-3-5-18-17)10-24-14-8-19-15(23-2)6-13(14)9-22/h3-9H,10H2,1-2H3,(H,20,21). The smallest absolute Gasteiger partial charge is 0.213 e. The molecule has 0 atom stereocenters. The minimum Gasteiger partial charge on any atom is -0.486 e. The SMILES string of the molecule is COc1cc(C=O)c(OCc2cccnc2-c2[nH]ncc2C)cn1. The number of methoxy groups -OCH3 is 1. The zero-order valence-electron chi connectivity index (χ0n) is 13.3. The fourth-order valence-electron chi connectivity index (χ4n) is 2.28. The van der Waals surface area contributed by atoms with E-state index in [4.69, 9.17) is 9.47 Å². The Morgan fingerprint density at radius 1 is 1.29 bits per heavy atom. The first kappa shape index (κ1) is 15.7. The van der Waals surface area contributed by atoms with Crippen LogP contribution in [0, 0.1) is 6.92 Å². The summed E-state index contributed by atoms with van der Waals surface area (Å²) in [7, 11) is 1.49. The van der Waals surface area contributed by atoms with Gasteiger partial charge in [-0.2, -0.15) is 5.10 Å². The van der Waals surface area contributed by atoms with Crippen molar-refractivity contribution in [2.24, 2.45) is 0 Å². The van der Waals surface area contributed by atoms with E-state index in [1.54, 1.807) is 12.4 Å². The number of carbonyl (C=O) groups excluding carboxylic acids is 1. The van der Waals surface area contributed by atoms with E-state index in [0.717, 1.165) is 22.5 Å². The molecular weight excluding hydrogens is 308 g/mol. The van der Waals surface area contributed by atoms with Crippen LogP contribution in [0.2, 0.25) is 0 Å². The minimum absolute atomic E-state index is 0.247. The fraction of sp³-hybridized carbons (Fsp3) is 0.176. The lowest BCUT2D eigenvalue weighted by atomic mass is 10.1. The molecule has 0 saturated heterocycles. The molecule has 0 spiro atoms. The summed E-state index contributed by atoms with van der Waals surface area (Å²) in [5.74, 6) is 0.751. The summed E-state index contributed by atoms with van der Waals surface area (Å²) in [5, 5.41) is 6.97. The quantitative estimate of drug-likeness (QED) is 0.701. The topological polar surface area (TPSA) is 90.0 Å². The monoisotopic (exact) mass is 324 g/mol. The normalized spacial score (nSPS) is 10.4. The summed E-state index contributed by atoms with van der Waals surface area (Å²) in [5.41, 5.74) is 3.86. The van der Waals surface area contributed by atoms with Crippen molar-refractivity contribution < 1.29 is 14.3 Å². The third-order valence-electron chi connectivity index (χ3n) is 3.55. The van der Waals surface area contributed by atoms with Gasteiger partial charge < -0.3 is 9.47 Å². The summed E-state index contributed by atoms with van der Waals surface area (Å²) in [6, 6.07) is 5.28. The second-order valence-corrected chi connectivity index (χ2v) is 5.11. The molecule has 0 amide bonds. The number of hydrogen-bond acceptors (Lipinski definition) is 6. The number of aromatic amines is 1. The molecular formula is C17H16N4O3. The molecule has 122 valence electrons. The van der Waals surface area contributed by atoms with Crippen LogP contribution in [0.5, 0.6) is 11.6 Å². The van der Waals surface area contributed by atoms with Crippen LogP contribution in [0.3, 0.4) is 0 Å². The number of aldehydes is 1. The van der Waals surface area contributed by atoms with Gasteiger partial charge >= 0.3 is 0 Å². The van der Waals surface area contributed by atoms with Gasteiger partial charge in [-0.3, -0.25) is 14.9 Å². The molecule has 3 heterocycles. The van der Waals surface area contributed by atoms with E-state index in [-0.39, 0.29) is 6.61 Å². The van der Waals surface area contributed by atoms with Gasteiger partial charge in [0.25, 0.3) is 0 Å². The van der Waals surface area contributed by atoms with Gasteiger partial charge in [-0.1, -0.05) is 6.07 Å². The number of rotatable bonds is 6. The highest BCUT2D eigenvalue weighted by molar-refractivity contribution is 5.79. The zero-order valence-corrected chi connectivity index (χ0v) is 13.3. The Bertz CT molecular complexity index is 861. The second-order valence-electron chi connectivity index (χ2n) is 5.11. The third kappa shape index (κ3) is 3.10. The molecule has 7 nitrogen and oxygen atoms in total. The molecule has 24 heavy (non-hydrogen) atoms. The number of ether oxygens (including phenoxy) is 2.